The lowest BCUT2D eigenvalue weighted by molar-refractivity contribution is -0.121. The van der Waals surface area contributed by atoms with Gasteiger partial charge in [0.2, 0.25) is 5.91 Å². The molecule has 5 nitrogen and oxygen atoms in total. The number of carbonyl (C=O) groups excluding carboxylic acids is 2. The molecule has 0 radical (unpaired) electrons. The van der Waals surface area contributed by atoms with E-state index in [1.165, 1.54) is 18.3 Å². The number of aromatic nitrogens is 1. The third kappa shape index (κ3) is 4.37. The summed E-state index contributed by atoms with van der Waals surface area (Å²) in [6, 6.07) is 10.8. The minimum atomic E-state index is -0.571. The molecule has 1 heterocycles. The van der Waals surface area contributed by atoms with Crippen molar-refractivity contribution in [3.63, 3.8) is 0 Å². The van der Waals surface area contributed by atoms with Gasteiger partial charge < -0.3 is 11.1 Å². The maximum absolute atomic E-state index is 12.9. The van der Waals surface area contributed by atoms with Gasteiger partial charge in [-0.15, -0.1) is 0 Å². The molecule has 1 atom stereocenters. The third-order valence-corrected chi connectivity index (χ3v) is 3.20. The van der Waals surface area contributed by atoms with Gasteiger partial charge in [-0.05, 0) is 36.2 Å². The van der Waals surface area contributed by atoms with E-state index in [2.05, 4.69) is 10.3 Å². The number of rotatable bonds is 6. The number of nitrogens with zero attached hydrogens (tertiary/aromatic N) is 1. The Bertz CT molecular complexity index is 644. The summed E-state index contributed by atoms with van der Waals surface area (Å²) in [5.74, 6) is -1.81. The zero-order chi connectivity index (χ0) is 15.9. The van der Waals surface area contributed by atoms with E-state index in [1.807, 2.05) is 0 Å². The Morgan fingerprint density at radius 2 is 1.91 bits per heavy atom. The Balaban J connectivity index is 1.96. The monoisotopic (exact) mass is 301 g/mol. The van der Waals surface area contributed by atoms with E-state index in [9.17, 15) is 14.0 Å². The molecule has 22 heavy (non-hydrogen) atoms. The summed E-state index contributed by atoms with van der Waals surface area (Å²) in [4.78, 5) is 27.3. The second-order valence-electron chi connectivity index (χ2n) is 4.85. The predicted molar refractivity (Wildman–Crippen MR) is 79.4 cm³/mol. The molecule has 0 saturated carbocycles. The van der Waals surface area contributed by atoms with Crippen LogP contribution in [0.2, 0.25) is 0 Å². The summed E-state index contributed by atoms with van der Waals surface area (Å²) in [5, 5.41) is 2.64. The first-order chi connectivity index (χ1) is 10.6. The second kappa shape index (κ2) is 7.31. The molecule has 0 aliphatic heterocycles. The largest absolute Gasteiger partial charge is 0.369 e. The van der Waals surface area contributed by atoms with Gasteiger partial charge in [-0.25, -0.2) is 4.39 Å². The number of benzene rings is 1. The molecular weight excluding hydrogens is 285 g/mol. The van der Waals surface area contributed by atoms with Crippen LogP contribution in [0.5, 0.6) is 0 Å². The van der Waals surface area contributed by atoms with Crippen LogP contribution in [0.1, 0.15) is 16.1 Å². The molecule has 2 rings (SSSR count). The maximum atomic E-state index is 12.9. The Morgan fingerprint density at radius 3 is 2.50 bits per heavy atom. The maximum Gasteiger partial charge on any atom is 0.269 e. The first-order valence-corrected chi connectivity index (χ1v) is 6.79. The average Bonchev–Trinajstić information content (AvgIpc) is 2.53. The van der Waals surface area contributed by atoms with Gasteiger partial charge in [0.15, 0.2) is 0 Å². The summed E-state index contributed by atoms with van der Waals surface area (Å²) in [6.07, 6.45) is 1.84. The van der Waals surface area contributed by atoms with Crippen molar-refractivity contribution in [2.24, 2.45) is 11.7 Å². The average molecular weight is 301 g/mol. The van der Waals surface area contributed by atoms with Crippen molar-refractivity contribution in [2.45, 2.75) is 6.42 Å². The summed E-state index contributed by atoms with van der Waals surface area (Å²) in [5.41, 5.74) is 6.41. The molecule has 0 aliphatic carbocycles. The SMILES string of the molecule is NC(=O)[C@@H](CNC(=O)c1ccccn1)Cc1ccc(F)cc1. The number of nitrogens with two attached hydrogens (primary N) is 1. The molecule has 0 bridgehead atoms. The van der Waals surface area contributed by atoms with Gasteiger partial charge in [-0.3, -0.25) is 14.6 Å². The number of hydrogen-bond donors (Lipinski definition) is 2. The minimum Gasteiger partial charge on any atom is -0.369 e. The topological polar surface area (TPSA) is 85.1 Å². The normalized spacial score (nSPS) is 11.7. The van der Waals surface area contributed by atoms with Crippen LogP contribution < -0.4 is 11.1 Å². The van der Waals surface area contributed by atoms with Crippen molar-refractivity contribution < 1.29 is 14.0 Å². The number of carbonyl (C=O) groups is 2. The van der Waals surface area contributed by atoms with Crippen LogP contribution in [0, 0.1) is 11.7 Å². The van der Waals surface area contributed by atoms with Gasteiger partial charge in [-0.2, -0.15) is 0 Å². The van der Waals surface area contributed by atoms with E-state index in [1.54, 1.807) is 30.3 Å². The zero-order valence-corrected chi connectivity index (χ0v) is 11.8. The van der Waals surface area contributed by atoms with E-state index in [0.717, 1.165) is 5.56 Å². The lowest BCUT2D eigenvalue weighted by atomic mass is 9.98. The first-order valence-electron chi connectivity index (χ1n) is 6.79. The summed E-state index contributed by atoms with van der Waals surface area (Å²) < 4.78 is 12.9. The molecule has 6 heteroatoms. The fourth-order valence-electron chi connectivity index (χ4n) is 1.98. The van der Waals surface area contributed by atoms with Crippen LogP contribution in [-0.4, -0.2) is 23.3 Å². The highest BCUT2D eigenvalue weighted by Gasteiger charge is 2.18. The molecule has 3 N–H and O–H groups in total. The lowest BCUT2D eigenvalue weighted by Crippen LogP contribution is -2.37. The Morgan fingerprint density at radius 1 is 1.18 bits per heavy atom. The number of primary amides is 1. The van der Waals surface area contributed by atoms with Crippen molar-refractivity contribution in [3.8, 4) is 0 Å². The number of halogens is 1. The predicted octanol–water partition coefficient (Wildman–Crippen LogP) is 1.29. The summed E-state index contributed by atoms with van der Waals surface area (Å²) in [6.45, 7) is 0.0993. The van der Waals surface area contributed by atoms with Gasteiger partial charge in [0, 0.05) is 12.7 Å². The van der Waals surface area contributed by atoms with Crippen LogP contribution in [0.25, 0.3) is 0 Å². The van der Waals surface area contributed by atoms with Crippen molar-refractivity contribution in [2.75, 3.05) is 6.54 Å². The quantitative estimate of drug-likeness (QED) is 0.843. The van der Waals surface area contributed by atoms with Crippen LogP contribution >= 0.6 is 0 Å². The van der Waals surface area contributed by atoms with E-state index in [4.69, 9.17) is 5.73 Å². The molecule has 0 spiro atoms. The highest BCUT2D eigenvalue weighted by molar-refractivity contribution is 5.92. The van der Waals surface area contributed by atoms with Gasteiger partial charge in [0.1, 0.15) is 11.5 Å². The van der Waals surface area contributed by atoms with E-state index in [-0.39, 0.29) is 24.0 Å². The Hall–Kier alpha value is -2.76. The smallest absolute Gasteiger partial charge is 0.269 e. The van der Waals surface area contributed by atoms with E-state index in [0.29, 0.717) is 6.42 Å². The molecule has 114 valence electrons. The standard InChI is InChI=1S/C16H16FN3O2/c17-13-6-4-11(5-7-13)9-12(15(18)21)10-20-16(22)14-3-1-2-8-19-14/h1-8,12H,9-10H2,(H2,18,21)(H,20,22)/t12-/m1/s1. The summed E-state index contributed by atoms with van der Waals surface area (Å²) in [7, 11) is 0. The van der Waals surface area contributed by atoms with Gasteiger partial charge in [0.25, 0.3) is 5.91 Å². The number of pyridine rings is 1. The third-order valence-electron chi connectivity index (χ3n) is 3.20. The highest BCUT2D eigenvalue weighted by atomic mass is 19.1. The molecule has 0 saturated heterocycles. The fourth-order valence-corrected chi connectivity index (χ4v) is 1.98. The zero-order valence-electron chi connectivity index (χ0n) is 11.8. The van der Waals surface area contributed by atoms with Crippen molar-refractivity contribution >= 4 is 11.8 Å². The van der Waals surface area contributed by atoms with Crippen molar-refractivity contribution in [3.05, 3.63) is 65.7 Å². The van der Waals surface area contributed by atoms with Crippen molar-refractivity contribution in [1.82, 2.24) is 10.3 Å². The van der Waals surface area contributed by atoms with Gasteiger partial charge >= 0.3 is 0 Å². The second-order valence-corrected chi connectivity index (χ2v) is 4.85. The minimum absolute atomic E-state index is 0.0993. The molecule has 1 aromatic heterocycles. The number of nitrogens with one attached hydrogen (secondary N) is 1. The van der Waals surface area contributed by atoms with E-state index < -0.39 is 11.8 Å². The Kier molecular flexibility index (Phi) is 5.19. The molecule has 2 amide bonds. The lowest BCUT2D eigenvalue weighted by Gasteiger charge is -2.14. The van der Waals surface area contributed by atoms with Gasteiger partial charge in [0.05, 0.1) is 5.92 Å². The van der Waals surface area contributed by atoms with Gasteiger partial charge in [-0.1, -0.05) is 18.2 Å². The van der Waals surface area contributed by atoms with E-state index >= 15 is 0 Å². The van der Waals surface area contributed by atoms with Crippen LogP contribution in [0.4, 0.5) is 4.39 Å². The number of amides is 2. The Labute approximate surface area is 127 Å². The summed E-state index contributed by atoms with van der Waals surface area (Å²) >= 11 is 0. The van der Waals surface area contributed by atoms with Crippen LogP contribution in [0.15, 0.2) is 48.7 Å². The molecule has 1 aromatic carbocycles. The molecule has 2 aromatic rings. The van der Waals surface area contributed by atoms with Crippen molar-refractivity contribution in [1.29, 1.82) is 0 Å². The first kappa shape index (κ1) is 15.6. The van der Waals surface area contributed by atoms with Crippen LogP contribution in [-0.2, 0) is 11.2 Å². The molecule has 0 unspecified atom stereocenters. The fraction of sp³-hybridized carbons (Fsp3) is 0.188. The highest BCUT2D eigenvalue weighted by Crippen LogP contribution is 2.10. The molecule has 0 fully saturated rings. The molecular formula is C16H16FN3O2. The molecule has 0 aliphatic rings. The van der Waals surface area contributed by atoms with Crippen LogP contribution in [0.3, 0.4) is 0 Å². The number of hydrogen-bond acceptors (Lipinski definition) is 3.